The molecule has 0 unspecified atom stereocenters. The number of nitrogens with two attached hydrogens (primary N) is 1. The molecule has 0 saturated heterocycles. The van der Waals surface area contributed by atoms with Crippen LogP contribution in [0, 0.1) is 6.92 Å². The van der Waals surface area contributed by atoms with Crippen molar-refractivity contribution in [2.24, 2.45) is 10.7 Å². The molecule has 1 aromatic carbocycles. The zero-order valence-electron chi connectivity index (χ0n) is 11.3. The molecule has 1 aromatic rings. The summed E-state index contributed by atoms with van der Waals surface area (Å²) < 4.78 is 5.24. The summed E-state index contributed by atoms with van der Waals surface area (Å²) in [5, 5.41) is 3.08. The second-order valence-corrected chi connectivity index (χ2v) is 4.11. The number of nitrogens with zero attached hydrogens (tertiary/aromatic N) is 1. The van der Waals surface area contributed by atoms with Crippen LogP contribution in [-0.4, -0.2) is 25.7 Å². The quantitative estimate of drug-likeness (QED) is 0.440. The van der Waals surface area contributed by atoms with Crippen LogP contribution in [0.3, 0.4) is 0 Å². The highest BCUT2D eigenvalue weighted by Crippen LogP contribution is 2.07. The number of hydrogen-bond donors (Lipinski definition) is 2. The number of aliphatic imine (C=N–C) groups is 1. The van der Waals surface area contributed by atoms with Crippen molar-refractivity contribution in [3.63, 3.8) is 0 Å². The van der Waals surface area contributed by atoms with Crippen LogP contribution in [0.4, 0.5) is 0 Å². The third-order valence-corrected chi connectivity index (χ3v) is 2.66. The predicted molar refractivity (Wildman–Crippen MR) is 75.6 cm³/mol. The lowest BCUT2D eigenvalue weighted by molar-refractivity contribution is 0.145. The summed E-state index contributed by atoms with van der Waals surface area (Å²) in [4.78, 5) is 4.32. The van der Waals surface area contributed by atoms with Crippen molar-refractivity contribution in [1.29, 1.82) is 0 Å². The molecule has 0 aliphatic rings. The maximum atomic E-state index is 5.78. The van der Waals surface area contributed by atoms with Crippen molar-refractivity contribution < 1.29 is 4.74 Å². The second kappa shape index (κ2) is 8.53. The van der Waals surface area contributed by atoms with Gasteiger partial charge in [0, 0.05) is 19.8 Å². The topological polar surface area (TPSA) is 59.6 Å². The molecule has 0 aliphatic carbocycles. The SMILES string of the molecule is CCOCCCNC(N)=NCc1ccccc1C. The Bertz CT molecular complexity index is 377. The summed E-state index contributed by atoms with van der Waals surface area (Å²) in [5.41, 5.74) is 8.23. The van der Waals surface area contributed by atoms with E-state index in [0.717, 1.165) is 26.2 Å². The molecule has 1 rings (SSSR count). The Morgan fingerprint density at radius 2 is 2.17 bits per heavy atom. The van der Waals surface area contributed by atoms with E-state index in [9.17, 15) is 0 Å². The molecule has 4 nitrogen and oxygen atoms in total. The van der Waals surface area contributed by atoms with Crippen LogP contribution in [0.25, 0.3) is 0 Å². The second-order valence-electron chi connectivity index (χ2n) is 4.11. The van der Waals surface area contributed by atoms with Crippen molar-refractivity contribution in [3.8, 4) is 0 Å². The van der Waals surface area contributed by atoms with Crippen LogP contribution >= 0.6 is 0 Å². The normalized spacial score (nSPS) is 11.6. The van der Waals surface area contributed by atoms with E-state index in [2.05, 4.69) is 29.4 Å². The molecule has 3 N–H and O–H groups in total. The zero-order chi connectivity index (χ0) is 13.2. The van der Waals surface area contributed by atoms with Gasteiger partial charge in [0.05, 0.1) is 6.54 Å². The van der Waals surface area contributed by atoms with Gasteiger partial charge >= 0.3 is 0 Å². The molecule has 0 spiro atoms. The molecule has 0 aliphatic heterocycles. The van der Waals surface area contributed by atoms with Gasteiger partial charge in [-0.05, 0) is 31.4 Å². The molecule has 18 heavy (non-hydrogen) atoms. The van der Waals surface area contributed by atoms with E-state index < -0.39 is 0 Å². The Morgan fingerprint density at radius 1 is 1.39 bits per heavy atom. The fraction of sp³-hybridized carbons (Fsp3) is 0.500. The molecule has 0 radical (unpaired) electrons. The molecule has 4 heteroatoms. The van der Waals surface area contributed by atoms with Gasteiger partial charge in [0.1, 0.15) is 0 Å². The predicted octanol–water partition coefficient (Wildman–Crippen LogP) is 1.83. The van der Waals surface area contributed by atoms with E-state index in [-0.39, 0.29) is 0 Å². The average Bonchev–Trinajstić information content (AvgIpc) is 2.37. The van der Waals surface area contributed by atoms with Gasteiger partial charge in [-0.3, -0.25) is 0 Å². The van der Waals surface area contributed by atoms with Crippen LogP contribution < -0.4 is 11.1 Å². The third kappa shape index (κ3) is 5.68. The summed E-state index contributed by atoms with van der Waals surface area (Å²) in [6.45, 7) is 7.01. The number of hydrogen-bond acceptors (Lipinski definition) is 2. The summed E-state index contributed by atoms with van der Waals surface area (Å²) >= 11 is 0. The monoisotopic (exact) mass is 249 g/mol. The zero-order valence-corrected chi connectivity index (χ0v) is 11.3. The standard InChI is InChI=1S/C14H23N3O/c1-3-18-10-6-9-16-14(15)17-11-13-8-5-4-7-12(13)2/h4-5,7-8H,3,6,9-11H2,1-2H3,(H3,15,16,17). The van der Waals surface area contributed by atoms with Crippen LogP contribution in [0.2, 0.25) is 0 Å². The molecular weight excluding hydrogens is 226 g/mol. The fourth-order valence-corrected chi connectivity index (χ4v) is 1.55. The van der Waals surface area contributed by atoms with Gasteiger partial charge in [-0.2, -0.15) is 0 Å². The summed E-state index contributed by atoms with van der Waals surface area (Å²) in [6, 6.07) is 8.19. The lowest BCUT2D eigenvalue weighted by Crippen LogP contribution is -2.32. The molecular formula is C14H23N3O. The van der Waals surface area contributed by atoms with Gasteiger partial charge in [-0.1, -0.05) is 24.3 Å². The third-order valence-electron chi connectivity index (χ3n) is 2.66. The number of guanidine groups is 1. The maximum Gasteiger partial charge on any atom is 0.188 e. The van der Waals surface area contributed by atoms with E-state index in [0.29, 0.717) is 12.5 Å². The van der Waals surface area contributed by atoms with E-state index in [4.69, 9.17) is 10.5 Å². The number of aryl methyl sites for hydroxylation is 1. The Hall–Kier alpha value is -1.55. The maximum absolute atomic E-state index is 5.78. The van der Waals surface area contributed by atoms with Crippen LogP contribution in [0.15, 0.2) is 29.3 Å². The summed E-state index contributed by atoms with van der Waals surface area (Å²) in [6.07, 6.45) is 0.939. The number of rotatable bonds is 7. The fourth-order valence-electron chi connectivity index (χ4n) is 1.55. The average molecular weight is 249 g/mol. The van der Waals surface area contributed by atoms with Gasteiger partial charge < -0.3 is 15.8 Å². The van der Waals surface area contributed by atoms with Gasteiger partial charge in [0.25, 0.3) is 0 Å². The molecule has 0 saturated carbocycles. The first-order valence-corrected chi connectivity index (χ1v) is 6.40. The Labute approximate surface area is 109 Å². The van der Waals surface area contributed by atoms with Crippen molar-refractivity contribution in [2.75, 3.05) is 19.8 Å². The van der Waals surface area contributed by atoms with E-state index in [1.165, 1.54) is 11.1 Å². The highest BCUT2D eigenvalue weighted by molar-refractivity contribution is 5.77. The molecule has 0 heterocycles. The Kier molecular flexibility index (Phi) is 6.87. The Balaban J connectivity index is 2.27. The summed E-state index contributed by atoms with van der Waals surface area (Å²) in [7, 11) is 0. The van der Waals surface area contributed by atoms with E-state index in [1.54, 1.807) is 0 Å². The van der Waals surface area contributed by atoms with Crippen molar-refractivity contribution in [1.82, 2.24) is 5.32 Å². The van der Waals surface area contributed by atoms with Crippen LogP contribution in [-0.2, 0) is 11.3 Å². The van der Waals surface area contributed by atoms with Crippen LogP contribution in [0.5, 0.6) is 0 Å². The molecule has 0 fully saturated rings. The first kappa shape index (κ1) is 14.5. The highest BCUT2D eigenvalue weighted by atomic mass is 16.5. The van der Waals surface area contributed by atoms with E-state index >= 15 is 0 Å². The van der Waals surface area contributed by atoms with Gasteiger partial charge in [0.15, 0.2) is 5.96 Å². The Morgan fingerprint density at radius 3 is 2.89 bits per heavy atom. The molecule has 100 valence electrons. The van der Waals surface area contributed by atoms with Crippen molar-refractivity contribution in [2.45, 2.75) is 26.8 Å². The molecule has 0 bridgehead atoms. The first-order valence-electron chi connectivity index (χ1n) is 6.40. The number of ether oxygens (including phenoxy) is 1. The minimum atomic E-state index is 0.495. The summed E-state index contributed by atoms with van der Waals surface area (Å²) in [5.74, 6) is 0.495. The highest BCUT2D eigenvalue weighted by Gasteiger charge is 1.96. The molecule has 0 amide bonds. The van der Waals surface area contributed by atoms with Crippen molar-refractivity contribution in [3.05, 3.63) is 35.4 Å². The molecule has 0 aromatic heterocycles. The smallest absolute Gasteiger partial charge is 0.188 e. The lowest BCUT2D eigenvalue weighted by Gasteiger charge is -2.06. The first-order chi connectivity index (χ1) is 8.74. The van der Waals surface area contributed by atoms with Gasteiger partial charge in [-0.15, -0.1) is 0 Å². The molecule has 0 atom stereocenters. The minimum absolute atomic E-state index is 0.495. The number of nitrogens with one attached hydrogen (secondary N) is 1. The number of benzene rings is 1. The largest absolute Gasteiger partial charge is 0.382 e. The van der Waals surface area contributed by atoms with Crippen LogP contribution in [0.1, 0.15) is 24.5 Å². The lowest BCUT2D eigenvalue weighted by atomic mass is 10.1. The van der Waals surface area contributed by atoms with Crippen molar-refractivity contribution >= 4 is 5.96 Å². The van der Waals surface area contributed by atoms with Gasteiger partial charge in [0.2, 0.25) is 0 Å². The minimum Gasteiger partial charge on any atom is -0.382 e. The van der Waals surface area contributed by atoms with E-state index in [1.807, 2.05) is 19.1 Å². The van der Waals surface area contributed by atoms with Gasteiger partial charge in [-0.25, -0.2) is 4.99 Å².